The van der Waals surface area contributed by atoms with Crippen LogP contribution in [0.3, 0.4) is 0 Å². The van der Waals surface area contributed by atoms with E-state index in [2.05, 4.69) is 15.4 Å². The number of hydrogen-bond donors (Lipinski definition) is 2. The number of anilines is 2. The molecule has 0 unspecified atom stereocenters. The summed E-state index contributed by atoms with van der Waals surface area (Å²) in [5.41, 5.74) is 3.74. The molecule has 1 aromatic heterocycles. The molecular formula is C15H21Cl2N5O4. The lowest BCUT2D eigenvalue weighted by molar-refractivity contribution is -0.169. The van der Waals surface area contributed by atoms with Crippen LogP contribution in [0.2, 0.25) is 10.4 Å². The zero-order valence-corrected chi connectivity index (χ0v) is 16.2. The van der Waals surface area contributed by atoms with Gasteiger partial charge in [0.05, 0.1) is 25.4 Å². The summed E-state index contributed by atoms with van der Waals surface area (Å²) in [6.45, 7) is 3.95. The third-order valence-corrected chi connectivity index (χ3v) is 5.20. The highest BCUT2D eigenvalue weighted by atomic mass is 35.5. The number of rotatable bonds is 4. The van der Waals surface area contributed by atoms with Crippen LogP contribution in [0.1, 0.15) is 20.3 Å². The van der Waals surface area contributed by atoms with E-state index in [9.17, 15) is 0 Å². The Labute approximate surface area is 161 Å². The molecule has 0 spiro atoms. The van der Waals surface area contributed by atoms with E-state index in [1.54, 1.807) is 5.12 Å². The number of fused-ring (bicyclic) bond motifs is 2. The van der Waals surface area contributed by atoms with Crippen LogP contribution in [0.4, 0.5) is 11.5 Å². The molecule has 1 aromatic rings. The molecule has 2 aliphatic heterocycles. The van der Waals surface area contributed by atoms with Gasteiger partial charge in [-0.2, -0.15) is 4.98 Å². The molecule has 3 aliphatic rings. The zero-order chi connectivity index (χ0) is 18.6. The maximum atomic E-state index is 9.11. The normalized spacial score (nSPS) is 32.6. The van der Waals surface area contributed by atoms with Crippen molar-refractivity contribution in [2.24, 2.45) is 0 Å². The first-order valence-electron chi connectivity index (χ1n) is 8.41. The van der Waals surface area contributed by atoms with Crippen LogP contribution < -0.4 is 10.4 Å². The molecule has 11 heteroatoms. The molecular weight excluding hydrogens is 385 g/mol. The molecule has 4 rings (SSSR count). The topological polar surface area (TPSA) is 92.2 Å². The molecule has 0 radical (unpaired) electrons. The molecule has 1 saturated carbocycles. The first-order valence-corrected chi connectivity index (χ1v) is 9.17. The predicted octanol–water partition coefficient (Wildman–Crippen LogP) is 1.45. The lowest BCUT2D eigenvalue weighted by atomic mass is 10.2. The maximum absolute atomic E-state index is 9.11. The van der Waals surface area contributed by atoms with E-state index >= 15 is 0 Å². The van der Waals surface area contributed by atoms with Gasteiger partial charge in [-0.1, -0.05) is 11.6 Å². The second-order valence-corrected chi connectivity index (χ2v) is 7.66. The molecule has 144 valence electrons. The smallest absolute Gasteiger partial charge is 0.225 e. The van der Waals surface area contributed by atoms with Crippen LogP contribution in [0, 0.1) is 0 Å². The minimum atomic E-state index is -0.718. The van der Waals surface area contributed by atoms with Crippen molar-refractivity contribution >= 4 is 34.7 Å². The predicted molar refractivity (Wildman–Crippen MR) is 95.0 cm³/mol. The molecule has 0 bridgehead atoms. The van der Waals surface area contributed by atoms with E-state index in [0.717, 1.165) is 0 Å². The highest BCUT2D eigenvalue weighted by Crippen LogP contribution is 2.46. The fraction of sp³-hybridized carbons (Fsp3) is 0.733. The van der Waals surface area contributed by atoms with Crippen molar-refractivity contribution in [3.63, 3.8) is 0 Å². The summed E-state index contributed by atoms with van der Waals surface area (Å²) in [5, 5.41) is 13.2. The summed E-state index contributed by atoms with van der Waals surface area (Å²) < 4.78 is 18.0. The van der Waals surface area contributed by atoms with Gasteiger partial charge in [0.15, 0.2) is 16.8 Å². The van der Waals surface area contributed by atoms with Gasteiger partial charge in [-0.25, -0.2) is 4.98 Å². The van der Waals surface area contributed by atoms with Crippen molar-refractivity contribution in [1.82, 2.24) is 15.1 Å². The summed E-state index contributed by atoms with van der Waals surface area (Å²) in [7, 11) is 1.85. The van der Waals surface area contributed by atoms with Crippen molar-refractivity contribution in [2.75, 3.05) is 30.7 Å². The number of ether oxygens (including phenoxy) is 3. The summed E-state index contributed by atoms with van der Waals surface area (Å²) >= 11 is 12.2. The van der Waals surface area contributed by atoms with E-state index in [-0.39, 0.29) is 48.0 Å². The maximum Gasteiger partial charge on any atom is 0.225 e. The molecule has 1 saturated heterocycles. The molecule has 0 amide bonds. The van der Waals surface area contributed by atoms with E-state index < -0.39 is 5.79 Å². The molecule has 2 fully saturated rings. The molecule has 4 atom stereocenters. The second-order valence-electron chi connectivity index (χ2n) is 6.96. The summed E-state index contributed by atoms with van der Waals surface area (Å²) in [5.74, 6) is -0.137. The van der Waals surface area contributed by atoms with Gasteiger partial charge in [0.25, 0.3) is 0 Å². The zero-order valence-electron chi connectivity index (χ0n) is 14.6. The minimum absolute atomic E-state index is 0.0464. The second kappa shape index (κ2) is 6.59. The SMILES string of the molecule is CN1Nc2c(Cl)nc(Cl)nc2N1[C@@H]1C[C@H](OCCO)[C@H]2OC(C)(C)O[C@H]21. The summed E-state index contributed by atoms with van der Waals surface area (Å²) in [6.07, 6.45) is -0.0526. The average molecular weight is 406 g/mol. The third-order valence-electron chi connectivity index (χ3n) is 4.75. The Morgan fingerprint density at radius 1 is 1.31 bits per heavy atom. The quantitative estimate of drug-likeness (QED) is 0.569. The van der Waals surface area contributed by atoms with Gasteiger partial charge in [0.2, 0.25) is 5.28 Å². The van der Waals surface area contributed by atoms with Crippen LogP contribution >= 0.6 is 23.2 Å². The van der Waals surface area contributed by atoms with Gasteiger partial charge in [-0.05, 0) is 25.4 Å². The highest BCUT2D eigenvalue weighted by Gasteiger charge is 2.58. The van der Waals surface area contributed by atoms with Crippen LogP contribution in [0.25, 0.3) is 0 Å². The summed E-state index contributed by atoms with van der Waals surface area (Å²) in [4.78, 5) is 8.32. The van der Waals surface area contributed by atoms with Gasteiger partial charge in [-0.15, -0.1) is 5.12 Å². The first-order chi connectivity index (χ1) is 12.3. The largest absolute Gasteiger partial charge is 0.394 e. The van der Waals surface area contributed by atoms with Crippen molar-refractivity contribution in [3.8, 4) is 0 Å². The van der Waals surface area contributed by atoms with Gasteiger partial charge >= 0.3 is 0 Å². The molecule has 26 heavy (non-hydrogen) atoms. The Bertz CT molecular complexity index is 709. The van der Waals surface area contributed by atoms with Gasteiger partial charge in [-0.3, -0.25) is 10.4 Å². The van der Waals surface area contributed by atoms with E-state index in [1.807, 2.05) is 25.9 Å². The average Bonchev–Trinajstić information content (AvgIpc) is 3.14. The number of nitrogens with zero attached hydrogens (tertiary/aromatic N) is 4. The molecule has 9 nitrogen and oxygen atoms in total. The van der Waals surface area contributed by atoms with Gasteiger partial charge in [0, 0.05) is 13.5 Å². The first kappa shape index (κ1) is 18.4. The molecule has 3 heterocycles. The number of aliphatic hydroxyl groups is 1. The monoisotopic (exact) mass is 405 g/mol. The molecule has 1 aliphatic carbocycles. The van der Waals surface area contributed by atoms with E-state index in [0.29, 0.717) is 17.9 Å². The highest BCUT2D eigenvalue weighted by molar-refractivity contribution is 6.34. The van der Waals surface area contributed by atoms with Crippen molar-refractivity contribution in [1.29, 1.82) is 0 Å². The fourth-order valence-electron chi connectivity index (χ4n) is 3.91. The number of halogens is 2. The standard InChI is InChI=1S/C15H21Cl2N5O4/c1-15(2)25-10-7(6-8(11(10)26-15)24-5-4-23)22-13-9(20-21(22)3)12(16)18-14(17)19-13/h7-8,10-11,20,23H,4-6H2,1-3H3/t7-,8+,10+,11-/m1/s1. The Hall–Kier alpha value is -0.940. The van der Waals surface area contributed by atoms with E-state index in [4.69, 9.17) is 42.5 Å². The lowest BCUT2D eigenvalue weighted by Crippen LogP contribution is -2.50. The van der Waals surface area contributed by atoms with Gasteiger partial charge in [0.1, 0.15) is 17.9 Å². The fourth-order valence-corrected chi connectivity index (χ4v) is 4.33. The number of aliphatic hydroxyl groups excluding tert-OH is 1. The van der Waals surface area contributed by atoms with Crippen molar-refractivity contribution < 1.29 is 19.3 Å². The Balaban J connectivity index is 1.67. The van der Waals surface area contributed by atoms with Crippen LogP contribution in [-0.2, 0) is 14.2 Å². The van der Waals surface area contributed by atoms with E-state index in [1.165, 1.54) is 0 Å². The molecule has 0 aromatic carbocycles. The summed E-state index contributed by atoms with van der Waals surface area (Å²) in [6, 6.07) is -0.119. The third kappa shape index (κ3) is 3.01. The van der Waals surface area contributed by atoms with Crippen LogP contribution in [-0.4, -0.2) is 70.6 Å². The van der Waals surface area contributed by atoms with Crippen molar-refractivity contribution in [3.05, 3.63) is 10.4 Å². The number of aromatic nitrogens is 2. The number of nitrogens with one attached hydrogen (secondary N) is 1. The number of hydrogen-bond acceptors (Lipinski definition) is 9. The van der Waals surface area contributed by atoms with Crippen molar-refractivity contribution in [2.45, 2.75) is 50.4 Å². The number of hydrazine groups is 2. The molecule has 2 N–H and O–H groups in total. The minimum Gasteiger partial charge on any atom is -0.394 e. The Morgan fingerprint density at radius 3 is 2.77 bits per heavy atom. The van der Waals surface area contributed by atoms with Gasteiger partial charge < -0.3 is 19.3 Å². The van der Waals surface area contributed by atoms with Crippen LogP contribution in [0.15, 0.2) is 0 Å². The Morgan fingerprint density at radius 2 is 2.04 bits per heavy atom. The van der Waals surface area contributed by atoms with Crippen LogP contribution in [0.5, 0.6) is 0 Å². The lowest BCUT2D eigenvalue weighted by Gasteiger charge is -2.34. The Kier molecular flexibility index (Phi) is 4.67.